The van der Waals surface area contributed by atoms with Gasteiger partial charge in [0, 0.05) is 19.6 Å². The molecule has 4 nitrogen and oxygen atoms in total. The van der Waals surface area contributed by atoms with Crippen LogP contribution in [0.15, 0.2) is 0 Å². The third kappa shape index (κ3) is 2.95. The van der Waals surface area contributed by atoms with E-state index < -0.39 is 0 Å². The van der Waals surface area contributed by atoms with Gasteiger partial charge in [0.15, 0.2) is 0 Å². The number of hydrogen-bond donors (Lipinski definition) is 1. The third-order valence-corrected chi connectivity index (χ3v) is 3.58. The molecule has 1 amide bonds. The number of aliphatic hydroxyl groups excluding tert-OH is 1. The maximum atomic E-state index is 12.2. The summed E-state index contributed by atoms with van der Waals surface area (Å²) in [6.45, 7) is 5.90. The van der Waals surface area contributed by atoms with Gasteiger partial charge in [-0.25, -0.2) is 0 Å². The summed E-state index contributed by atoms with van der Waals surface area (Å²) in [5.41, 5.74) is 0. The number of amides is 1. The minimum atomic E-state index is -0.254. The molecule has 0 aromatic carbocycles. The van der Waals surface area contributed by atoms with E-state index in [1.165, 1.54) is 0 Å². The molecule has 1 N–H and O–H groups in total. The number of carbonyl (C=O) groups excluding carboxylic acids is 1. The van der Waals surface area contributed by atoms with Gasteiger partial charge in [-0.3, -0.25) is 4.79 Å². The molecule has 2 unspecified atom stereocenters. The van der Waals surface area contributed by atoms with Crippen molar-refractivity contribution in [2.75, 3.05) is 33.8 Å². The van der Waals surface area contributed by atoms with Crippen molar-refractivity contribution < 1.29 is 9.90 Å². The summed E-state index contributed by atoms with van der Waals surface area (Å²) in [7, 11) is 3.93. The van der Waals surface area contributed by atoms with Crippen LogP contribution in [0, 0.1) is 11.8 Å². The zero-order valence-electron chi connectivity index (χ0n) is 10.8. The maximum absolute atomic E-state index is 12.2. The van der Waals surface area contributed by atoms with E-state index in [0.717, 1.165) is 19.5 Å². The average Bonchev–Trinajstić information content (AvgIpc) is 2.64. The van der Waals surface area contributed by atoms with Crippen LogP contribution in [-0.4, -0.2) is 60.6 Å². The van der Waals surface area contributed by atoms with Crippen LogP contribution < -0.4 is 0 Å². The fourth-order valence-electron chi connectivity index (χ4n) is 2.24. The highest BCUT2D eigenvalue weighted by Gasteiger charge is 2.31. The highest BCUT2D eigenvalue weighted by molar-refractivity contribution is 5.79. The Morgan fingerprint density at radius 1 is 1.56 bits per heavy atom. The molecule has 2 atom stereocenters. The van der Waals surface area contributed by atoms with E-state index in [2.05, 4.69) is 11.9 Å². The molecule has 4 heteroatoms. The lowest BCUT2D eigenvalue weighted by molar-refractivity contribution is -0.139. The van der Waals surface area contributed by atoms with Crippen LogP contribution in [0.25, 0.3) is 0 Å². The van der Waals surface area contributed by atoms with Gasteiger partial charge in [-0.1, -0.05) is 13.8 Å². The van der Waals surface area contributed by atoms with E-state index in [4.69, 9.17) is 0 Å². The fourth-order valence-corrected chi connectivity index (χ4v) is 2.24. The standard InChI is InChI=1S/C12H24N2O2/c1-9(2)11(8-15)12(16)14(4)10-5-6-13(3)7-10/h9-11,15H,5-8H2,1-4H3. The summed E-state index contributed by atoms with van der Waals surface area (Å²) >= 11 is 0. The lowest BCUT2D eigenvalue weighted by Gasteiger charge is -2.29. The highest BCUT2D eigenvalue weighted by Crippen LogP contribution is 2.18. The fraction of sp³-hybridized carbons (Fsp3) is 0.917. The third-order valence-electron chi connectivity index (χ3n) is 3.58. The van der Waals surface area contributed by atoms with Crippen molar-refractivity contribution in [3.05, 3.63) is 0 Å². The van der Waals surface area contributed by atoms with Gasteiger partial charge < -0.3 is 14.9 Å². The first kappa shape index (κ1) is 13.5. The Bertz CT molecular complexity index is 243. The molecule has 1 rings (SSSR count). The van der Waals surface area contributed by atoms with Crippen molar-refractivity contribution in [2.45, 2.75) is 26.3 Å². The Hall–Kier alpha value is -0.610. The van der Waals surface area contributed by atoms with Crippen LogP contribution >= 0.6 is 0 Å². The van der Waals surface area contributed by atoms with Gasteiger partial charge in [0.1, 0.15) is 0 Å². The summed E-state index contributed by atoms with van der Waals surface area (Å²) in [6.07, 6.45) is 1.04. The molecule has 16 heavy (non-hydrogen) atoms. The maximum Gasteiger partial charge on any atom is 0.228 e. The van der Waals surface area contributed by atoms with E-state index in [0.29, 0.717) is 6.04 Å². The summed E-state index contributed by atoms with van der Waals surface area (Å²) in [5.74, 6) is 0.0211. The minimum absolute atomic E-state index is 0.0522. The van der Waals surface area contributed by atoms with Crippen molar-refractivity contribution in [2.24, 2.45) is 11.8 Å². The molecule has 1 saturated heterocycles. The molecular weight excluding hydrogens is 204 g/mol. The number of carbonyl (C=O) groups is 1. The van der Waals surface area contributed by atoms with Crippen molar-refractivity contribution in [1.29, 1.82) is 0 Å². The van der Waals surface area contributed by atoms with Crippen molar-refractivity contribution in [3.63, 3.8) is 0 Å². The van der Waals surface area contributed by atoms with Gasteiger partial charge in [-0.2, -0.15) is 0 Å². The van der Waals surface area contributed by atoms with Crippen molar-refractivity contribution in [1.82, 2.24) is 9.80 Å². The predicted molar refractivity (Wildman–Crippen MR) is 64.1 cm³/mol. The highest BCUT2D eigenvalue weighted by atomic mass is 16.3. The summed E-state index contributed by atoms with van der Waals surface area (Å²) < 4.78 is 0. The van der Waals surface area contributed by atoms with Gasteiger partial charge in [0.25, 0.3) is 0 Å². The van der Waals surface area contributed by atoms with Crippen LogP contribution in [0.4, 0.5) is 0 Å². The normalized spacial score (nSPS) is 23.8. The van der Waals surface area contributed by atoms with Gasteiger partial charge >= 0.3 is 0 Å². The van der Waals surface area contributed by atoms with E-state index in [-0.39, 0.29) is 24.3 Å². The van der Waals surface area contributed by atoms with Crippen LogP contribution in [0.2, 0.25) is 0 Å². The average molecular weight is 228 g/mol. The number of hydrogen-bond acceptors (Lipinski definition) is 3. The number of likely N-dealkylation sites (N-methyl/N-ethyl adjacent to an activating group) is 2. The zero-order valence-corrected chi connectivity index (χ0v) is 10.8. The molecule has 94 valence electrons. The summed E-state index contributed by atoms with van der Waals surface area (Å²) in [5, 5.41) is 9.25. The van der Waals surface area contributed by atoms with Crippen LogP contribution in [0.5, 0.6) is 0 Å². The molecule has 1 heterocycles. The smallest absolute Gasteiger partial charge is 0.228 e. The SMILES string of the molecule is CC(C)C(CO)C(=O)N(C)C1CCN(C)C1. The molecule has 0 radical (unpaired) electrons. The molecule has 0 saturated carbocycles. The van der Waals surface area contributed by atoms with E-state index in [1.54, 1.807) is 0 Å². The van der Waals surface area contributed by atoms with Gasteiger partial charge in [0.05, 0.1) is 12.5 Å². The number of likely N-dealkylation sites (tertiary alicyclic amines) is 1. The first-order valence-electron chi connectivity index (χ1n) is 6.03. The monoisotopic (exact) mass is 228 g/mol. The van der Waals surface area contributed by atoms with E-state index in [9.17, 15) is 9.90 Å². The van der Waals surface area contributed by atoms with E-state index >= 15 is 0 Å². The Kier molecular flexibility index (Phi) is 4.74. The molecule has 1 aliphatic heterocycles. The Labute approximate surface area is 98.2 Å². The molecular formula is C12H24N2O2. The lowest BCUT2D eigenvalue weighted by atomic mass is 9.95. The van der Waals surface area contributed by atoms with Gasteiger partial charge in [0.2, 0.25) is 5.91 Å². The number of nitrogens with zero attached hydrogens (tertiary/aromatic N) is 2. The number of rotatable bonds is 4. The van der Waals surface area contributed by atoms with Gasteiger partial charge in [-0.15, -0.1) is 0 Å². The van der Waals surface area contributed by atoms with Gasteiger partial charge in [-0.05, 0) is 25.9 Å². The summed E-state index contributed by atoms with van der Waals surface area (Å²) in [4.78, 5) is 16.2. The van der Waals surface area contributed by atoms with Crippen LogP contribution in [-0.2, 0) is 4.79 Å². The first-order chi connectivity index (χ1) is 7.47. The molecule has 0 aromatic heterocycles. The Morgan fingerprint density at radius 3 is 2.56 bits per heavy atom. The minimum Gasteiger partial charge on any atom is -0.396 e. The molecule has 1 fully saturated rings. The Balaban J connectivity index is 2.58. The second-order valence-corrected chi connectivity index (χ2v) is 5.19. The van der Waals surface area contributed by atoms with Crippen molar-refractivity contribution >= 4 is 5.91 Å². The van der Waals surface area contributed by atoms with E-state index in [1.807, 2.05) is 25.8 Å². The van der Waals surface area contributed by atoms with Crippen molar-refractivity contribution in [3.8, 4) is 0 Å². The Morgan fingerprint density at radius 2 is 2.19 bits per heavy atom. The summed E-state index contributed by atoms with van der Waals surface area (Å²) in [6, 6.07) is 0.310. The second-order valence-electron chi connectivity index (χ2n) is 5.19. The molecule has 0 bridgehead atoms. The molecule has 1 aliphatic rings. The number of aliphatic hydroxyl groups is 1. The first-order valence-corrected chi connectivity index (χ1v) is 6.03. The largest absolute Gasteiger partial charge is 0.396 e. The van der Waals surface area contributed by atoms with Crippen LogP contribution in [0.3, 0.4) is 0 Å². The molecule has 0 spiro atoms. The quantitative estimate of drug-likeness (QED) is 0.758. The lowest BCUT2D eigenvalue weighted by Crippen LogP contribution is -2.44. The second kappa shape index (κ2) is 5.64. The zero-order chi connectivity index (χ0) is 12.3. The molecule has 0 aliphatic carbocycles. The molecule has 0 aromatic rings. The topological polar surface area (TPSA) is 43.8 Å². The predicted octanol–water partition coefficient (Wildman–Crippen LogP) is 0.413. The van der Waals surface area contributed by atoms with Crippen LogP contribution in [0.1, 0.15) is 20.3 Å².